The summed E-state index contributed by atoms with van der Waals surface area (Å²) < 4.78 is 2.39. The summed E-state index contributed by atoms with van der Waals surface area (Å²) in [6.07, 6.45) is 0. The van der Waals surface area contributed by atoms with Gasteiger partial charge in [0.05, 0.1) is 11.0 Å². The minimum atomic E-state index is -1.89. The first-order chi connectivity index (χ1) is 31.6. The van der Waals surface area contributed by atoms with Crippen molar-refractivity contribution in [2.24, 2.45) is 0 Å². The highest BCUT2D eigenvalue weighted by Gasteiger charge is 2.33. The van der Waals surface area contributed by atoms with E-state index < -0.39 is 10.0 Å². The number of aromatic nitrogens is 1. The lowest BCUT2D eigenvalue weighted by molar-refractivity contribution is 1.17. The van der Waals surface area contributed by atoms with Gasteiger partial charge in [-0.2, -0.15) is 0 Å². The molecular weight excluding hydrogens is 793 g/mol. The topological polar surface area (TPSA) is 8.17 Å². The van der Waals surface area contributed by atoms with E-state index in [0.29, 0.717) is 0 Å². The van der Waals surface area contributed by atoms with Crippen molar-refractivity contribution in [1.29, 1.82) is 0 Å². The molecule has 11 rings (SSSR count). The maximum absolute atomic E-state index is 2.39. The second kappa shape index (κ2) is 16.8. The van der Waals surface area contributed by atoms with Crippen LogP contribution in [0.15, 0.2) is 280 Å². The van der Waals surface area contributed by atoms with Gasteiger partial charge in [-0.25, -0.2) is 0 Å². The van der Waals surface area contributed by atoms with E-state index in [4.69, 9.17) is 0 Å². The maximum Gasteiger partial charge on any atom is 0.0541 e. The van der Waals surface area contributed by atoms with Gasteiger partial charge in [-0.15, -0.1) is 10.0 Å². The average molecular weight is 839 g/mol. The smallest absolute Gasteiger partial charge is 0.0541 e. The molecule has 306 valence electrons. The Morgan fingerprint density at radius 3 is 1.23 bits per heavy atom. The van der Waals surface area contributed by atoms with Crippen LogP contribution in [0.25, 0.3) is 49.7 Å². The lowest BCUT2D eigenvalue weighted by atomic mass is 10.0. The van der Waals surface area contributed by atoms with E-state index in [0.717, 1.165) is 17.1 Å². The molecule has 0 atom stereocenters. The molecule has 0 saturated heterocycles. The molecule has 0 N–H and O–H groups in total. The van der Waals surface area contributed by atoms with E-state index >= 15 is 0 Å². The minimum absolute atomic E-state index is 1.12. The highest BCUT2D eigenvalue weighted by atomic mass is 32.3. The predicted octanol–water partition coefficient (Wildman–Crippen LogP) is 17.2. The summed E-state index contributed by atoms with van der Waals surface area (Å²) in [5.41, 5.74) is 13.0. The fourth-order valence-electron chi connectivity index (χ4n) is 9.30. The summed E-state index contributed by atoms with van der Waals surface area (Å²) in [6.45, 7) is 2.14. The molecule has 3 heteroatoms. The molecule has 0 aliphatic rings. The van der Waals surface area contributed by atoms with Gasteiger partial charge in [0, 0.05) is 53.1 Å². The van der Waals surface area contributed by atoms with Crippen molar-refractivity contribution >= 4 is 48.9 Å². The van der Waals surface area contributed by atoms with Crippen LogP contribution in [0.2, 0.25) is 0 Å². The normalized spacial score (nSPS) is 11.8. The van der Waals surface area contributed by atoms with Gasteiger partial charge in [-0.3, -0.25) is 0 Å². The fourth-order valence-corrected chi connectivity index (χ4v) is 13.1. The van der Waals surface area contributed by atoms with Crippen molar-refractivity contribution in [1.82, 2.24) is 4.57 Å². The number of aryl methyl sites for hydroxylation is 1. The molecule has 1 heterocycles. The van der Waals surface area contributed by atoms with E-state index in [9.17, 15) is 0 Å². The van der Waals surface area contributed by atoms with Crippen LogP contribution in [-0.2, 0) is 0 Å². The van der Waals surface area contributed by atoms with Crippen LogP contribution in [0.1, 0.15) is 5.56 Å². The van der Waals surface area contributed by atoms with E-state index in [2.05, 4.69) is 277 Å². The highest BCUT2D eigenvalue weighted by molar-refractivity contribution is 8.34. The van der Waals surface area contributed by atoms with Crippen molar-refractivity contribution in [2.45, 2.75) is 26.5 Å². The van der Waals surface area contributed by atoms with Gasteiger partial charge in [0.15, 0.2) is 0 Å². The third-order valence-corrected chi connectivity index (χ3v) is 16.3. The van der Waals surface area contributed by atoms with Crippen LogP contribution in [-0.4, -0.2) is 4.57 Å². The summed E-state index contributed by atoms with van der Waals surface area (Å²) in [7, 11) is -1.89. The second-order valence-electron chi connectivity index (χ2n) is 16.3. The Balaban J connectivity index is 0.983. The molecular formula is C61H46N2S. The van der Waals surface area contributed by atoms with Crippen LogP contribution < -0.4 is 4.90 Å². The Morgan fingerprint density at radius 1 is 0.312 bits per heavy atom. The Bertz CT molecular complexity index is 3250. The number of fused-ring (bicyclic) bond motifs is 3. The third kappa shape index (κ3) is 6.97. The van der Waals surface area contributed by atoms with E-state index in [1.807, 2.05) is 0 Å². The molecule has 0 saturated carbocycles. The van der Waals surface area contributed by atoms with Crippen LogP contribution in [0.4, 0.5) is 17.1 Å². The van der Waals surface area contributed by atoms with Gasteiger partial charge in [0.1, 0.15) is 0 Å². The van der Waals surface area contributed by atoms with Crippen molar-refractivity contribution in [3.05, 3.63) is 266 Å². The van der Waals surface area contributed by atoms with Crippen molar-refractivity contribution in [3.8, 4) is 27.9 Å². The Morgan fingerprint density at radius 2 is 0.703 bits per heavy atom. The monoisotopic (exact) mass is 838 g/mol. The molecule has 0 amide bonds. The zero-order valence-electron chi connectivity index (χ0n) is 35.6. The molecule has 2 nitrogen and oxygen atoms in total. The first-order valence-electron chi connectivity index (χ1n) is 21.9. The van der Waals surface area contributed by atoms with E-state index in [-0.39, 0.29) is 0 Å². The summed E-state index contributed by atoms with van der Waals surface area (Å²) >= 11 is 0. The largest absolute Gasteiger partial charge is 0.311 e. The standard InChI is InChI=1S/C61H46N2S/c1-45-26-35-53(36-27-45)63-60-25-15-14-24-58(60)59-44-49(34-43-61(59)63)48-32-41-57(42-33-48)64(54-20-10-4-11-21-54,55-22-12-5-13-23-55)56-39-30-47(31-40-56)46-28-37-52(38-29-46)62(50-16-6-2-7-17-50)51-18-8-3-9-19-51/h2-44H,1H3. The molecule has 10 aromatic carbocycles. The van der Waals surface area contributed by atoms with Crippen LogP contribution in [0, 0.1) is 6.92 Å². The second-order valence-corrected chi connectivity index (χ2v) is 19.4. The Hall–Kier alpha value is -7.85. The lowest BCUT2D eigenvalue weighted by Gasteiger charge is -2.42. The molecule has 0 fully saturated rings. The quantitative estimate of drug-likeness (QED) is 0.133. The Kier molecular flexibility index (Phi) is 10.2. The number of hydrogen-bond donors (Lipinski definition) is 0. The predicted molar refractivity (Wildman–Crippen MR) is 271 cm³/mol. The van der Waals surface area contributed by atoms with Gasteiger partial charge >= 0.3 is 0 Å². The summed E-state index contributed by atoms with van der Waals surface area (Å²) in [4.78, 5) is 7.50. The van der Waals surface area contributed by atoms with Crippen molar-refractivity contribution in [2.75, 3.05) is 4.90 Å². The molecule has 0 bridgehead atoms. The molecule has 0 aliphatic carbocycles. The number of para-hydroxylation sites is 3. The number of nitrogens with zero attached hydrogens (tertiary/aromatic N) is 2. The number of rotatable bonds is 10. The van der Waals surface area contributed by atoms with E-state index in [1.54, 1.807) is 0 Å². The minimum Gasteiger partial charge on any atom is -0.311 e. The zero-order valence-corrected chi connectivity index (χ0v) is 36.4. The maximum atomic E-state index is 2.39. The van der Waals surface area contributed by atoms with Gasteiger partial charge < -0.3 is 9.47 Å². The SMILES string of the molecule is Cc1ccc(-n2c3ccccc3c3cc(-c4ccc(S(c5ccccc5)(c5ccccc5)c5ccc(-c6ccc(N(c7ccccc7)c7ccccc7)cc6)cc5)cc4)ccc32)cc1. The third-order valence-electron chi connectivity index (χ3n) is 12.4. The summed E-state index contributed by atoms with van der Waals surface area (Å²) in [5.74, 6) is 0. The molecule has 64 heavy (non-hydrogen) atoms. The molecule has 0 aliphatic heterocycles. The van der Waals surface area contributed by atoms with Crippen LogP contribution in [0.3, 0.4) is 0 Å². The molecule has 0 radical (unpaired) electrons. The molecule has 0 spiro atoms. The summed E-state index contributed by atoms with van der Waals surface area (Å²) in [5, 5.41) is 2.51. The lowest BCUT2D eigenvalue weighted by Crippen LogP contribution is -2.09. The zero-order chi connectivity index (χ0) is 42.9. The number of hydrogen-bond acceptors (Lipinski definition) is 1. The van der Waals surface area contributed by atoms with Gasteiger partial charge in [-0.05, 0) is 144 Å². The highest BCUT2D eigenvalue weighted by Crippen LogP contribution is 2.73. The molecule has 0 unspecified atom stereocenters. The first kappa shape index (κ1) is 39.0. The van der Waals surface area contributed by atoms with E-state index in [1.165, 1.54) is 74.9 Å². The number of anilines is 3. The first-order valence-corrected chi connectivity index (χ1v) is 23.5. The van der Waals surface area contributed by atoms with Gasteiger partial charge in [-0.1, -0.05) is 151 Å². The van der Waals surface area contributed by atoms with Gasteiger partial charge in [0.25, 0.3) is 0 Å². The fraction of sp³-hybridized carbons (Fsp3) is 0.0164. The molecule has 11 aromatic rings. The van der Waals surface area contributed by atoms with Crippen molar-refractivity contribution < 1.29 is 0 Å². The number of benzene rings is 10. The average Bonchev–Trinajstić information content (AvgIpc) is 3.70. The Labute approximate surface area is 377 Å². The van der Waals surface area contributed by atoms with Crippen LogP contribution in [0.5, 0.6) is 0 Å². The van der Waals surface area contributed by atoms with Crippen LogP contribution >= 0.6 is 10.0 Å². The molecule has 1 aromatic heterocycles. The van der Waals surface area contributed by atoms with Crippen molar-refractivity contribution in [3.63, 3.8) is 0 Å². The van der Waals surface area contributed by atoms with Gasteiger partial charge in [0.2, 0.25) is 0 Å². The summed E-state index contributed by atoms with van der Waals surface area (Å²) in [6, 6.07) is 95.6.